The lowest BCUT2D eigenvalue weighted by atomic mass is 9.44. The summed E-state index contributed by atoms with van der Waals surface area (Å²) in [5.41, 5.74) is -2.39. The number of aliphatic hydroxyl groups is 1. The molecule has 4 saturated carbocycles. The number of rotatable bonds is 4. The molecule has 0 saturated heterocycles. The fourth-order valence-corrected chi connectivity index (χ4v) is 6.10. The standard InChI is InChI=1S/C14H20F4O4S/c1-8(13(15,16)14(17,18)23(20,21)22)11-3-9-2-10(4-11)6-12(19,5-9)7-11/h8-10,19H,2-7H2,1H3,(H,20,21,22)/p-1. The molecule has 4 fully saturated rings. The largest absolute Gasteiger partial charge is 0.743 e. The minimum atomic E-state index is -6.49. The summed E-state index contributed by atoms with van der Waals surface area (Å²) in [6.07, 6.45) is 2.20. The van der Waals surface area contributed by atoms with Gasteiger partial charge in [-0.3, -0.25) is 0 Å². The molecule has 3 unspecified atom stereocenters. The first kappa shape index (κ1) is 17.4. The fraction of sp³-hybridized carbons (Fsp3) is 1.00. The van der Waals surface area contributed by atoms with Gasteiger partial charge in [-0.05, 0) is 55.8 Å². The summed E-state index contributed by atoms with van der Waals surface area (Å²) in [4.78, 5) is 0. The minimum Gasteiger partial charge on any atom is -0.743 e. The van der Waals surface area contributed by atoms with Crippen molar-refractivity contribution >= 4 is 10.1 Å². The first-order valence-corrected chi connectivity index (χ1v) is 9.07. The van der Waals surface area contributed by atoms with Gasteiger partial charge in [-0.2, -0.15) is 17.6 Å². The van der Waals surface area contributed by atoms with Crippen LogP contribution in [0.3, 0.4) is 0 Å². The molecule has 0 aromatic carbocycles. The van der Waals surface area contributed by atoms with Crippen LogP contribution in [0.4, 0.5) is 17.6 Å². The molecule has 4 nitrogen and oxygen atoms in total. The third kappa shape index (κ3) is 2.33. The van der Waals surface area contributed by atoms with Crippen molar-refractivity contribution < 1.29 is 35.6 Å². The highest BCUT2D eigenvalue weighted by atomic mass is 32.2. The van der Waals surface area contributed by atoms with Crippen LogP contribution in [0.1, 0.15) is 45.4 Å². The van der Waals surface area contributed by atoms with Crippen molar-refractivity contribution in [1.29, 1.82) is 0 Å². The van der Waals surface area contributed by atoms with Crippen molar-refractivity contribution in [2.24, 2.45) is 23.2 Å². The van der Waals surface area contributed by atoms with E-state index in [9.17, 15) is 35.6 Å². The Balaban J connectivity index is 1.98. The monoisotopic (exact) mass is 359 g/mol. The second kappa shape index (κ2) is 4.60. The van der Waals surface area contributed by atoms with Gasteiger partial charge in [-0.15, -0.1) is 0 Å². The third-order valence-corrected chi connectivity index (χ3v) is 7.14. The highest BCUT2D eigenvalue weighted by molar-refractivity contribution is 7.86. The Labute approximate surface area is 132 Å². The van der Waals surface area contributed by atoms with Crippen LogP contribution in [0, 0.1) is 23.2 Å². The van der Waals surface area contributed by atoms with E-state index in [0.29, 0.717) is 12.8 Å². The maximum absolute atomic E-state index is 14.3. The molecule has 3 atom stereocenters. The number of alkyl halides is 4. The van der Waals surface area contributed by atoms with E-state index >= 15 is 0 Å². The zero-order chi connectivity index (χ0) is 17.5. The van der Waals surface area contributed by atoms with E-state index in [1.807, 2.05) is 0 Å². The molecular formula is C14H19F4O4S-. The molecule has 0 amide bonds. The number of hydrogen-bond acceptors (Lipinski definition) is 4. The molecular weight excluding hydrogens is 340 g/mol. The smallest absolute Gasteiger partial charge is 0.396 e. The summed E-state index contributed by atoms with van der Waals surface area (Å²) in [6.45, 7) is 0.885. The summed E-state index contributed by atoms with van der Waals surface area (Å²) in [5, 5.41) is 4.87. The molecule has 0 spiro atoms. The molecule has 4 aliphatic rings. The fourth-order valence-electron chi connectivity index (χ4n) is 5.59. The van der Waals surface area contributed by atoms with Crippen LogP contribution in [0.15, 0.2) is 0 Å². The Bertz CT molecular complexity index is 604. The summed E-state index contributed by atoms with van der Waals surface area (Å²) in [6, 6.07) is 0. The van der Waals surface area contributed by atoms with Crippen molar-refractivity contribution in [1.82, 2.24) is 0 Å². The summed E-state index contributed by atoms with van der Waals surface area (Å²) >= 11 is 0. The Morgan fingerprint density at radius 2 is 1.61 bits per heavy atom. The maximum atomic E-state index is 14.3. The summed E-state index contributed by atoms with van der Waals surface area (Å²) in [5.74, 6) is -7.02. The van der Waals surface area contributed by atoms with Gasteiger partial charge in [0.25, 0.3) is 0 Å². The van der Waals surface area contributed by atoms with Crippen molar-refractivity contribution in [2.45, 2.75) is 62.2 Å². The lowest BCUT2D eigenvalue weighted by molar-refractivity contribution is -0.255. The highest BCUT2D eigenvalue weighted by Gasteiger charge is 2.71. The van der Waals surface area contributed by atoms with E-state index in [-0.39, 0.29) is 31.1 Å². The Kier molecular flexibility index (Phi) is 3.49. The van der Waals surface area contributed by atoms with Gasteiger partial charge in [0, 0.05) is 5.92 Å². The van der Waals surface area contributed by atoms with Gasteiger partial charge in [0.15, 0.2) is 10.1 Å². The van der Waals surface area contributed by atoms with Gasteiger partial charge < -0.3 is 9.66 Å². The molecule has 0 aromatic heterocycles. The second-order valence-corrected chi connectivity index (χ2v) is 9.28. The average molecular weight is 359 g/mol. The summed E-state index contributed by atoms with van der Waals surface area (Å²) in [7, 11) is -6.49. The molecule has 0 aromatic rings. The Morgan fingerprint density at radius 1 is 1.13 bits per heavy atom. The normalized spacial score (nSPS) is 42.0. The lowest BCUT2D eigenvalue weighted by Gasteiger charge is -2.63. The summed E-state index contributed by atoms with van der Waals surface area (Å²) < 4.78 is 87.9. The molecule has 4 aliphatic carbocycles. The van der Waals surface area contributed by atoms with Gasteiger partial charge >= 0.3 is 11.2 Å². The van der Waals surface area contributed by atoms with Gasteiger partial charge in [-0.1, -0.05) is 6.92 Å². The van der Waals surface area contributed by atoms with Gasteiger partial charge in [0.2, 0.25) is 0 Å². The van der Waals surface area contributed by atoms with Crippen molar-refractivity contribution in [3.63, 3.8) is 0 Å². The van der Waals surface area contributed by atoms with E-state index in [1.165, 1.54) is 0 Å². The first-order chi connectivity index (χ1) is 10.2. The van der Waals surface area contributed by atoms with Crippen LogP contribution in [-0.4, -0.2) is 34.9 Å². The number of hydrogen-bond donors (Lipinski definition) is 1. The van der Waals surface area contributed by atoms with E-state index < -0.39 is 38.2 Å². The quantitative estimate of drug-likeness (QED) is 0.618. The predicted octanol–water partition coefficient (Wildman–Crippen LogP) is 2.73. The van der Waals surface area contributed by atoms with Crippen LogP contribution >= 0.6 is 0 Å². The molecule has 0 radical (unpaired) electrons. The van der Waals surface area contributed by atoms with Crippen LogP contribution < -0.4 is 0 Å². The van der Waals surface area contributed by atoms with Crippen LogP contribution in [-0.2, 0) is 10.1 Å². The van der Waals surface area contributed by atoms with E-state index in [1.54, 1.807) is 0 Å². The molecule has 0 heterocycles. The molecule has 23 heavy (non-hydrogen) atoms. The average Bonchev–Trinajstić information content (AvgIpc) is 2.33. The van der Waals surface area contributed by atoms with Gasteiger partial charge in [0.1, 0.15) is 0 Å². The second-order valence-electron chi connectivity index (χ2n) is 7.86. The molecule has 0 aliphatic heterocycles. The minimum absolute atomic E-state index is 0.0167. The van der Waals surface area contributed by atoms with Crippen molar-refractivity contribution in [2.75, 3.05) is 0 Å². The zero-order valence-corrected chi connectivity index (χ0v) is 13.4. The van der Waals surface area contributed by atoms with Gasteiger partial charge in [0.05, 0.1) is 5.60 Å². The SMILES string of the molecule is CC(C12CC3CC(CC(O)(C3)C1)C2)C(F)(F)C(F)(F)S(=O)(=O)[O-]. The molecule has 1 N–H and O–H groups in total. The zero-order valence-electron chi connectivity index (χ0n) is 12.6. The molecule has 134 valence electrons. The van der Waals surface area contributed by atoms with Crippen LogP contribution in [0.5, 0.6) is 0 Å². The van der Waals surface area contributed by atoms with Crippen LogP contribution in [0.25, 0.3) is 0 Å². The molecule has 4 rings (SSSR count). The van der Waals surface area contributed by atoms with Gasteiger partial charge in [-0.25, -0.2) is 8.42 Å². The first-order valence-electron chi connectivity index (χ1n) is 7.66. The van der Waals surface area contributed by atoms with Crippen molar-refractivity contribution in [3.8, 4) is 0 Å². The Morgan fingerprint density at radius 3 is 2.00 bits per heavy atom. The van der Waals surface area contributed by atoms with E-state index in [0.717, 1.165) is 13.3 Å². The maximum Gasteiger partial charge on any atom is 0.396 e. The Hall–Kier alpha value is -0.410. The topological polar surface area (TPSA) is 77.4 Å². The lowest BCUT2D eigenvalue weighted by Crippen LogP contribution is -2.63. The molecule has 9 heteroatoms. The van der Waals surface area contributed by atoms with E-state index in [4.69, 9.17) is 0 Å². The highest BCUT2D eigenvalue weighted by Crippen LogP contribution is 2.67. The van der Waals surface area contributed by atoms with E-state index in [2.05, 4.69) is 0 Å². The predicted molar refractivity (Wildman–Crippen MR) is 70.8 cm³/mol. The van der Waals surface area contributed by atoms with Crippen molar-refractivity contribution in [3.05, 3.63) is 0 Å². The third-order valence-electron chi connectivity index (χ3n) is 6.24. The van der Waals surface area contributed by atoms with Crippen LogP contribution in [0.2, 0.25) is 0 Å². The molecule has 4 bridgehead atoms. The number of halogens is 4.